The van der Waals surface area contributed by atoms with E-state index in [9.17, 15) is 35.1 Å². The van der Waals surface area contributed by atoms with Gasteiger partial charge in [-0.2, -0.15) is 0 Å². The summed E-state index contributed by atoms with van der Waals surface area (Å²) in [6.45, 7) is 9.09. The van der Waals surface area contributed by atoms with Crippen molar-refractivity contribution in [1.29, 1.82) is 0 Å². The highest BCUT2D eigenvalue weighted by Crippen LogP contribution is 2.53. The van der Waals surface area contributed by atoms with Gasteiger partial charge < -0.3 is 36.0 Å². The molecular formula is C33H39NO8. The molecule has 0 bridgehead atoms. The largest absolute Gasteiger partial charge is 0.507 e. The van der Waals surface area contributed by atoms with Gasteiger partial charge in [-0.1, -0.05) is 35.1 Å². The van der Waals surface area contributed by atoms with E-state index < -0.39 is 23.0 Å². The van der Waals surface area contributed by atoms with Gasteiger partial charge in [-0.25, -0.2) is 0 Å². The highest BCUT2D eigenvalue weighted by atomic mass is 16.5. The number of phenolic OH excluding ortho intramolecular Hbond substituents is 5. The normalized spacial score (nSPS) is 11.3. The summed E-state index contributed by atoms with van der Waals surface area (Å²) in [5, 5.41) is 55.6. The Balaban J connectivity index is 0.00000484. The second kappa shape index (κ2) is 11.7. The van der Waals surface area contributed by atoms with Crippen molar-refractivity contribution < 1.29 is 39.9 Å². The lowest BCUT2D eigenvalue weighted by molar-refractivity contribution is 0.0958. The van der Waals surface area contributed by atoms with Gasteiger partial charge in [-0.15, -0.1) is 0 Å². The van der Waals surface area contributed by atoms with E-state index in [1.807, 2.05) is 27.7 Å². The number of nitrogens with two attached hydrogens (primary N) is 1. The molecule has 0 aliphatic heterocycles. The van der Waals surface area contributed by atoms with Crippen molar-refractivity contribution in [3.05, 3.63) is 41.0 Å². The summed E-state index contributed by atoms with van der Waals surface area (Å²) >= 11 is 0. The lowest BCUT2D eigenvalue weighted by Gasteiger charge is -2.21. The second-order valence-corrected chi connectivity index (χ2v) is 11.3. The van der Waals surface area contributed by atoms with Gasteiger partial charge in [-0.05, 0) is 48.6 Å². The highest BCUT2D eigenvalue weighted by molar-refractivity contribution is 6.17. The van der Waals surface area contributed by atoms with Crippen LogP contribution in [-0.4, -0.2) is 44.2 Å². The number of phenols is 5. The van der Waals surface area contributed by atoms with Crippen LogP contribution in [0.1, 0.15) is 74.2 Å². The van der Waals surface area contributed by atoms with Crippen LogP contribution < -0.4 is 10.5 Å². The lowest BCUT2D eigenvalue weighted by atomic mass is 9.87. The van der Waals surface area contributed by atoms with Crippen LogP contribution in [0.25, 0.3) is 32.7 Å². The van der Waals surface area contributed by atoms with Gasteiger partial charge in [0.05, 0.1) is 29.5 Å². The first kappa shape index (κ1) is 31.9. The number of ether oxygens (including phenoxy) is 1. The molecule has 4 aromatic carbocycles. The zero-order chi connectivity index (χ0) is 30.5. The van der Waals surface area contributed by atoms with E-state index in [-0.39, 0.29) is 99.2 Å². The molecule has 42 heavy (non-hydrogen) atoms. The summed E-state index contributed by atoms with van der Waals surface area (Å²) in [7, 11) is 1.35. The Kier molecular flexibility index (Phi) is 8.86. The smallest absolute Gasteiger partial charge is 0.169 e. The third-order valence-corrected chi connectivity index (χ3v) is 7.17. The first-order chi connectivity index (χ1) is 19.2. The van der Waals surface area contributed by atoms with Crippen LogP contribution in [0, 0.1) is 18.8 Å². The number of hydrogen-bond donors (Lipinski definition) is 6. The van der Waals surface area contributed by atoms with E-state index in [1.165, 1.54) is 19.2 Å². The molecule has 0 saturated heterocycles. The molecule has 0 aliphatic carbocycles. The zero-order valence-corrected chi connectivity index (χ0v) is 23.9. The molecule has 0 aromatic heterocycles. The number of fused-ring (bicyclic) bond motifs is 2. The Bertz CT molecular complexity index is 1740. The number of aryl methyl sites for hydroxylation is 1. The van der Waals surface area contributed by atoms with E-state index in [2.05, 4.69) is 0 Å². The van der Waals surface area contributed by atoms with Crippen molar-refractivity contribution >= 4 is 38.8 Å². The molecular weight excluding hydrogens is 538 g/mol. The number of hydrogen-bond acceptors (Lipinski definition) is 9. The number of carbonyl (C=O) groups excluding carboxylic acids is 2. The summed E-state index contributed by atoms with van der Waals surface area (Å²) < 4.78 is 5.60. The lowest BCUT2D eigenvalue weighted by Crippen LogP contribution is -2.07. The maximum Gasteiger partial charge on any atom is 0.169 e. The predicted molar refractivity (Wildman–Crippen MR) is 165 cm³/mol. The van der Waals surface area contributed by atoms with Gasteiger partial charge in [0.2, 0.25) is 0 Å². The van der Waals surface area contributed by atoms with Crippen LogP contribution in [-0.2, 0) is 0 Å². The Labute approximate surface area is 244 Å². The Hall–Kier alpha value is -4.66. The third kappa shape index (κ3) is 5.22. The second-order valence-electron chi connectivity index (χ2n) is 11.3. The standard InChI is InChI=1S/C32H35NO8.CH4/c1-13(2)7-21(34)26-16-9-15(5)25(29(37)18(16)10-20(33)31(26)39)28-24(41-6)12-17-19(30(28)38)11-23(36)32(40)27(17)22(35)8-14(3)4;/h9-14,36-40H,7-8,33H2,1-6H3;1H4. The van der Waals surface area contributed by atoms with Gasteiger partial charge in [0.1, 0.15) is 23.0 Å². The van der Waals surface area contributed by atoms with Crippen molar-refractivity contribution in [2.75, 3.05) is 12.8 Å². The number of carbonyl (C=O) groups is 2. The molecule has 4 aromatic rings. The number of benzene rings is 4. The van der Waals surface area contributed by atoms with Crippen LogP contribution >= 0.6 is 0 Å². The monoisotopic (exact) mass is 577 g/mol. The summed E-state index contributed by atoms with van der Waals surface area (Å²) in [4.78, 5) is 26.2. The molecule has 7 N–H and O–H groups in total. The van der Waals surface area contributed by atoms with E-state index in [4.69, 9.17) is 10.5 Å². The van der Waals surface area contributed by atoms with Crippen molar-refractivity contribution in [3.8, 4) is 45.6 Å². The van der Waals surface area contributed by atoms with Gasteiger partial charge in [0.25, 0.3) is 0 Å². The minimum atomic E-state index is -0.601. The summed E-state index contributed by atoms with van der Waals surface area (Å²) in [6, 6.07) is 5.57. The third-order valence-electron chi connectivity index (χ3n) is 7.17. The molecule has 9 nitrogen and oxygen atoms in total. The maximum atomic E-state index is 13.1. The predicted octanol–water partition coefficient (Wildman–Crippen LogP) is 7.18. The molecule has 9 heteroatoms. The van der Waals surface area contributed by atoms with E-state index >= 15 is 0 Å². The van der Waals surface area contributed by atoms with Crippen molar-refractivity contribution in [2.24, 2.45) is 11.8 Å². The quantitative estimate of drug-likeness (QED) is 0.0721. The average molecular weight is 578 g/mol. The number of rotatable bonds is 8. The molecule has 4 rings (SSSR count). The van der Waals surface area contributed by atoms with Gasteiger partial charge in [0.15, 0.2) is 23.1 Å². The summed E-state index contributed by atoms with van der Waals surface area (Å²) in [5.74, 6) is -2.98. The molecule has 0 saturated carbocycles. The van der Waals surface area contributed by atoms with E-state index in [0.29, 0.717) is 10.9 Å². The van der Waals surface area contributed by atoms with Crippen molar-refractivity contribution in [3.63, 3.8) is 0 Å². The first-order valence-corrected chi connectivity index (χ1v) is 13.3. The Morgan fingerprint density at radius 2 is 1.19 bits per heavy atom. The highest BCUT2D eigenvalue weighted by Gasteiger charge is 2.29. The number of nitrogen functional groups attached to an aromatic ring is 1. The number of aromatic hydroxyl groups is 5. The van der Waals surface area contributed by atoms with Crippen LogP contribution in [0.3, 0.4) is 0 Å². The molecule has 0 radical (unpaired) electrons. The van der Waals surface area contributed by atoms with Crippen molar-refractivity contribution in [2.45, 2.75) is 54.9 Å². The number of Topliss-reactive ketones (excluding diaryl/α,β-unsaturated/α-hetero) is 2. The van der Waals surface area contributed by atoms with E-state index in [1.54, 1.807) is 13.0 Å². The number of ketones is 2. The fourth-order valence-corrected chi connectivity index (χ4v) is 5.37. The molecule has 0 amide bonds. The molecule has 224 valence electrons. The van der Waals surface area contributed by atoms with E-state index in [0.717, 1.165) is 6.07 Å². The fourth-order valence-electron chi connectivity index (χ4n) is 5.37. The molecule has 0 spiro atoms. The van der Waals surface area contributed by atoms with Crippen LogP contribution in [0.5, 0.6) is 34.5 Å². The number of methoxy groups -OCH3 is 1. The molecule has 0 aliphatic rings. The topological polar surface area (TPSA) is 171 Å². The molecule has 0 unspecified atom stereocenters. The minimum absolute atomic E-state index is 0. The van der Waals surface area contributed by atoms with Gasteiger partial charge in [0, 0.05) is 39.9 Å². The van der Waals surface area contributed by atoms with Crippen LogP contribution in [0.4, 0.5) is 5.69 Å². The maximum absolute atomic E-state index is 13.1. The summed E-state index contributed by atoms with van der Waals surface area (Å²) in [5.41, 5.74) is 6.46. The van der Waals surface area contributed by atoms with Crippen LogP contribution in [0.15, 0.2) is 24.3 Å². The SMILES string of the molecule is C.COc1cc2c(C(=O)CC(C)C)c(O)c(O)cc2c(O)c1-c1c(C)cc2c(C(=O)CC(C)C)c(O)c(N)cc2c1O. The van der Waals surface area contributed by atoms with Gasteiger partial charge >= 0.3 is 0 Å². The van der Waals surface area contributed by atoms with Crippen LogP contribution in [0.2, 0.25) is 0 Å². The molecule has 0 atom stereocenters. The number of anilines is 1. The average Bonchev–Trinajstić information content (AvgIpc) is 2.87. The first-order valence-electron chi connectivity index (χ1n) is 13.3. The van der Waals surface area contributed by atoms with Crippen molar-refractivity contribution in [1.82, 2.24) is 0 Å². The zero-order valence-electron chi connectivity index (χ0n) is 23.9. The minimum Gasteiger partial charge on any atom is -0.507 e. The Morgan fingerprint density at radius 3 is 1.71 bits per heavy atom. The Morgan fingerprint density at radius 1 is 0.714 bits per heavy atom. The summed E-state index contributed by atoms with van der Waals surface area (Å²) in [6.07, 6.45) is 0.245. The molecule has 0 fully saturated rings. The molecule has 0 heterocycles. The van der Waals surface area contributed by atoms with Gasteiger partial charge in [-0.3, -0.25) is 9.59 Å². The fraction of sp³-hybridized carbons (Fsp3) is 0.333.